The number of methoxy groups -OCH3 is 1. The first kappa shape index (κ1) is 19.7. The third-order valence-corrected chi connectivity index (χ3v) is 6.24. The average molecular weight is 393 g/mol. The fraction of sp³-hybridized carbons (Fsp3) is 0.375. The van der Waals surface area contributed by atoms with Gasteiger partial charge in [0, 0.05) is 6.54 Å². The van der Waals surface area contributed by atoms with Crippen molar-refractivity contribution < 1.29 is 26.3 Å². The van der Waals surface area contributed by atoms with Gasteiger partial charge < -0.3 is 4.74 Å². The van der Waals surface area contributed by atoms with Crippen molar-refractivity contribution in [2.24, 2.45) is 0 Å². The van der Waals surface area contributed by atoms with Crippen molar-refractivity contribution in [2.75, 3.05) is 13.7 Å². The standard InChI is InChI=1S/C16H18F3NO3S2/c1-11-6-14(23-3)15(7-12(11)2)25(21,22)20(10-16(17,18)19)8-13-4-5-24-9-13/h4-7,9H,8,10H2,1-3H3. The molecule has 0 amide bonds. The average Bonchev–Trinajstić information content (AvgIpc) is 3.00. The van der Waals surface area contributed by atoms with Gasteiger partial charge in [0.05, 0.1) is 7.11 Å². The van der Waals surface area contributed by atoms with Crippen molar-refractivity contribution in [1.82, 2.24) is 4.31 Å². The molecule has 0 N–H and O–H groups in total. The lowest BCUT2D eigenvalue weighted by Gasteiger charge is -2.24. The maximum atomic E-state index is 13.0. The lowest BCUT2D eigenvalue weighted by molar-refractivity contribution is -0.136. The van der Waals surface area contributed by atoms with Crippen LogP contribution in [0.4, 0.5) is 13.2 Å². The van der Waals surface area contributed by atoms with Gasteiger partial charge in [0.25, 0.3) is 0 Å². The molecule has 25 heavy (non-hydrogen) atoms. The van der Waals surface area contributed by atoms with Crippen molar-refractivity contribution in [2.45, 2.75) is 31.5 Å². The zero-order valence-electron chi connectivity index (χ0n) is 13.9. The van der Waals surface area contributed by atoms with Crippen LogP contribution in [0.1, 0.15) is 16.7 Å². The topological polar surface area (TPSA) is 46.6 Å². The maximum Gasteiger partial charge on any atom is 0.402 e. The number of benzene rings is 1. The molecule has 0 atom stereocenters. The molecule has 2 rings (SSSR count). The molecular formula is C16H18F3NO3S2. The number of nitrogens with zero attached hydrogens (tertiary/aromatic N) is 1. The van der Waals surface area contributed by atoms with Gasteiger partial charge >= 0.3 is 6.18 Å². The predicted octanol–water partition coefficient (Wildman–Crippen LogP) is 4.13. The first-order valence-electron chi connectivity index (χ1n) is 7.28. The summed E-state index contributed by atoms with van der Waals surface area (Å²) < 4.78 is 70.3. The van der Waals surface area contributed by atoms with Crippen LogP contribution in [0.25, 0.3) is 0 Å². The molecule has 0 fully saturated rings. The Morgan fingerprint density at radius 2 is 1.84 bits per heavy atom. The van der Waals surface area contributed by atoms with E-state index in [-0.39, 0.29) is 17.2 Å². The minimum absolute atomic E-state index is 0.0283. The van der Waals surface area contributed by atoms with E-state index in [2.05, 4.69) is 0 Å². The molecule has 0 saturated heterocycles. The van der Waals surface area contributed by atoms with Crippen LogP contribution in [-0.2, 0) is 16.6 Å². The van der Waals surface area contributed by atoms with E-state index >= 15 is 0 Å². The van der Waals surface area contributed by atoms with Gasteiger partial charge in [0.2, 0.25) is 10.0 Å². The molecule has 0 aliphatic carbocycles. The van der Waals surface area contributed by atoms with Gasteiger partial charge in [-0.15, -0.1) is 0 Å². The molecule has 0 unspecified atom stereocenters. The van der Waals surface area contributed by atoms with Gasteiger partial charge in [-0.25, -0.2) is 8.42 Å². The second kappa shape index (κ2) is 7.35. The highest BCUT2D eigenvalue weighted by Gasteiger charge is 2.38. The Kier molecular flexibility index (Phi) is 5.80. The molecule has 0 aliphatic rings. The molecule has 0 radical (unpaired) electrons. The lowest BCUT2D eigenvalue weighted by Crippen LogP contribution is -2.38. The van der Waals surface area contributed by atoms with E-state index in [4.69, 9.17) is 4.74 Å². The van der Waals surface area contributed by atoms with E-state index in [1.807, 2.05) is 0 Å². The molecule has 0 aliphatic heterocycles. The molecule has 9 heteroatoms. The molecule has 4 nitrogen and oxygen atoms in total. The van der Waals surface area contributed by atoms with Crippen molar-refractivity contribution in [3.8, 4) is 5.75 Å². The molecular weight excluding hydrogens is 375 g/mol. The van der Waals surface area contributed by atoms with Gasteiger partial charge in [-0.2, -0.15) is 28.8 Å². The summed E-state index contributed by atoms with van der Waals surface area (Å²) in [6, 6.07) is 4.46. The van der Waals surface area contributed by atoms with E-state index in [1.165, 1.54) is 30.6 Å². The monoisotopic (exact) mass is 393 g/mol. The smallest absolute Gasteiger partial charge is 0.402 e. The van der Waals surface area contributed by atoms with E-state index in [9.17, 15) is 21.6 Å². The predicted molar refractivity (Wildman–Crippen MR) is 90.4 cm³/mol. The largest absolute Gasteiger partial charge is 0.495 e. The number of halogens is 3. The number of ether oxygens (including phenoxy) is 1. The van der Waals surface area contributed by atoms with Gasteiger partial charge in [-0.05, 0) is 59.5 Å². The van der Waals surface area contributed by atoms with Crippen LogP contribution in [0.2, 0.25) is 0 Å². The Bertz CT molecular complexity index is 831. The van der Waals surface area contributed by atoms with Crippen molar-refractivity contribution in [3.05, 3.63) is 45.6 Å². The number of thiophene rings is 1. The second-order valence-corrected chi connectivity index (χ2v) is 8.29. The van der Waals surface area contributed by atoms with E-state index < -0.39 is 22.7 Å². The quantitative estimate of drug-likeness (QED) is 0.742. The van der Waals surface area contributed by atoms with Crippen molar-refractivity contribution in [1.29, 1.82) is 0 Å². The van der Waals surface area contributed by atoms with E-state index in [0.29, 0.717) is 15.4 Å². The summed E-state index contributed by atoms with van der Waals surface area (Å²) in [5.41, 5.74) is 1.94. The van der Waals surface area contributed by atoms with E-state index in [0.717, 1.165) is 5.56 Å². The third-order valence-electron chi connectivity index (χ3n) is 3.69. The number of rotatable bonds is 6. The SMILES string of the molecule is COc1cc(C)c(C)cc1S(=O)(=O)N(Cc1ccsc1)CC(F)(F)F. The van der Waals surface area contributed by atoms with Gasteiger partial charge in [-0.3, -0.25) is 0 Å². The Hall–Kier alpha value is -1.58. The summed E-state index contributed by atoms with van der Waals surface area (Å²) in [6.07, 6.45) is -4.66. The second-order valence-electron chi connectivity index (χ2n) is 5.61. The van der Waals surface area contributed by atoms with Crippen molar-refractivity contribution in [3.63, 3.8) is 0 Å². The Balaban J connectivity index is 2.52. The number of hydrogen-bond donors (Lipinski definition) is 0. The summed E-state index contributed by atoms with van der Waals surface area (Å²) in [6.45, 7) is 1.54. The summed E-state index contributed by atoms with van der Waals surface area (Å²) in [5.74, 6) is 0.0283. The molecule has 0 bridgehead atoms. The molecule has 2 aromatic rings. The van der Waals surface area contributed by atoms with Crippen LogP contribution in [0.3, 0.4) is 0 Å². The Morgan fingerprint density at radius 3 is 2.36 bits per heavy atom. The summed E-state index contributed by atoms with van der Waals surface area (Å²) in [5, 5.41) is 3.31. The summed E-state index contributed by atoms with van der Waals surface area (Å²) >= 11 is 1.29. The number of sulfonamides is 1. The lowest BCUT2D eigenvalue weighted by atomic mass is 10.1. The molecule has 0 spiro atoms. The van der Waals surface area contributed by atoms with Crippen LogP contribution in [0.5, 0.6) is 5.75 Å². The van der Waals surface area contributed by atoms with Gasteiger partial charge in [0.1, 0.15) is 17.2 Å². The van der Waals surface area contributed by atoms with Crippen LogP contribution < -0.4 is 4.74 Å². The van der Waals surface area contributed by atoms with Gasteiger partial charge in [-0.1, -0.05) is 0 Å². The number of hydrogen-bond acceptors (Lipinski definition) is 4. The first-order chi connectivity index (χ1) is 11.5. The fourth-order valence-electron chi connectivity index (χ4n) is 2.28. The van der Waals surface area contributed by atoms with Crippen LogP contribution in [-0.4, -0.2) is 32.6 Å². The zero-order valence-corrected chi connectivity index (χ0v) is 15.6. The fourth-order valence-corrected chi connectivity index (χ4v) is 4.57. The van der Waals surface area contributed by atoms with E-state index in [1.54, 1.807) is 30.7 Å². The Labute approximate surface area is 148 Å². The van der Waals surface area contributed by atoms with Crippen LogP contribution in [0.15, 0.2) is 33.9 Å². The maximum absolute atomic E-state index is 13.0. The highest BCUT2D eigenvalue weighted by molar-refractivity contribution is 7.89. The molecule has 0 saturated carbocycles. The first-order valence-corrected chi connectivity index (χ1v) is 9.66. The minimum Gasteiger partial charge on any atom is -0.495 e. The zero-order chi connectivity index (χ0) is 18.8. The highest BCUT2D eigenvalue weighted by Crippen LogP contribution is 2.32. The third kappa shape index (κ3) is 4.74. The minimum atomic E-state index is -4.66. The van der Waals surface area contributed by atoms with Gasteiger partial charge in [0.15, 0.2) is 0 Å². The highest BCUT2D eigenvalue weighted by atomic mass is 32.2. The molecule has 1 aromatic carbocycles. The normalized spacial score (nSPS) is 12.6. The summed E-state index contributed by atoms with van der Waals surface area (Å²) in [7, 11) is -3.11. The molecule has 1 aromatic heterocycles. The van der Waals surface area contributed by atoms with Crippen LogP contribution in [0, 0.1) is 13.8 Å². The Morgan fingerprint density at radius 1 is 1.20 bits per heavy atom. The molecule has 1 heterocycles. The molecule has 138 valence electrons. The van der Waals surface area contributed by atoms with Crippen LogP contribution >= 0.6 is 11.3 Å². The van der Waals surface area contributed by atoms with Crippen molar-refractivity contribution >= 4 is 21.4 Å². The summed E-state index contributed by atoms with van der Waals surface area (Å²) in [4.78, 5) is -0.266. The number of aryl methyl sites for hydroxylation is 2. The number of alkyl halides is 3.